The van der Waals surface area contributed by atoms with E-state index >= 15 is 0 Å². The smallest absolute Gasteiger partial charge is 0.278 e. The van der Waals surface area contributed by atoms with Crippen molar-refractivity contribution in [1.82, 2.24) is 26.5 Å². The van der Waals surface area contributed by atoms with Gasteiger partial charge in [-0.15, -0.1) is 0 Å². The molecule has 1 fully saturated rings. The van der Waals surface area contributed by atoms with E-state index in [9.17, 15) is 4.39 Å². The Morgan fingerprint density at radius 1 is 1.35 bits per heavy atom. The Labute approximate surface area is 133 Å². The monoisotopic (exact) mass is 321 g/mol. The molecule has 1 aliphatic rings. The van der Waals surface area contributed by atoms with Gasteiger partial charge in [0, 0.05) is 25.6 Å². The van der Waals surface area contributed by atoms with E-state index in [0.717, 1.165) is 18.7 Å². The molecule has 0 saturated carbocycles. The van der Waals surface area contributed by atoms with Crippen molar-refractivity contribution in [2.45, 2.75) is 13.0 Å². The van der Waals surface area contributed by atoms with Gasteiger partial charge in [-0.05, 0) is 29.8 Å². The van der Waals surface area contributed by atoms with Gasteiger partial charge in [-0.25, -0.2) is 14.4 Å². The summed E-state index contributed by atoms with van der Waals surface area (Å²) in [5.74, 6) is 0.584. The molecule has 0 bridgehead atoms. The summed E-state index contributed by atoms with van der Waals surface area (Å²) in [4.78, 5) is 0. The van der Waals surface area contributed by atoms with Gasteiger partial charge in [0.25, 0.3) is 5.88 Å². The van der Waals surface area contributed by atoms with Gasteiger partial charge in [0.1, 0.15) is 18.1 Å². The molecule has 2 unspecified atom stereocenters. The van der Waals surface area contributed by atoms with Crippen LogP contribution in [0.15, 0.2) is 28.9 Å². The third kappa shape index (κ3) is 4.04. The van der Waals surface area contributed by atoms with Crippen LogP contribution in [0.1, 0.15) is 17.3 Å². The molecule has 3 N–H and O–H groups in total. The van der Waals surface area contributed by atoms with Crippen LogP contribution < -0.4 is 20.9 Å². The highest BCUT2D eigenvalue weighted by molar-refractivity contribution is 5.21. The fourth-order valence-corrected chi connectivity index (χ4v) is 2.61. The number of aromatic nitrogens is 2. The van der Waals surface area contributed by atoms with Crippen molar-refractivity contribution in [2.24, 2.45) is 5.92 Å². The average molecular weight is 321 g/mol. The third-order valence-corrected chi connectivity index (χ3v) is 3.86. The van der Waals surface area contributed by atoms with Crippen molar-refractivity contribution >= 4 is 0 Å². The SMILES string of the molecule is Cc1nonc1OCCNCC1CNNC1c1ccc(F)cc1. The van der Waals surface area contributed by atoms with Gasteiger partial charge in [0.2, 0.25) is 0 Å². The second-order valence-corrected chi connectivity index (χ2v) is 5.52. The first-order valence-electron chi connectivity index (χ1n) is 7.60. The molecule has 0 spiro atoms. The van der Waals surface area contributed by atoms with Gasteiger partial charge in [-0.1, -0.05) is 17.3 Å². The van der Waals surface area contributed by atoms with Crippen molar-refractivity contribution < 1.29 is 13.8 Å². The molecule has 1 aliphatic heterocycles. The molecule has 23 heavy (non-hydrogen) atoms. The van der Waals surface area contributed by atoms with E-state index in [1.165, 1.54) is 12.1 Å². The summed E-state index contributed by atoms with van der Waals surface area (Å²) in [7, 11) is 0. The molecular formula is C15H20FN5O2. The second-order valence-electron chi connectivity index (χ2n) is 5.52. The highest BCUT2D eigenvalue weighted by Crippen LogP contribution is 2.24. The maximum Gasteiger partial charge on any atom is 0.278 e. The molecule has 2 heterocycles. The highest BCUT2D eigenvalue weighted by Gasteiger charge is 2.27. The quantitative estimate of drug-likeness (QED) is 0.655. The molecule has 3 rings (SSSR count). The standard InChI is InChI=1S/C15H20FN5O2/c1-10-15(21-23-20-10)22-7-6-17-8-12-9-18-19-14(12)11-2-4-13(16)5-3-11/h2-5,12,14,17-19H,6-9H2,1H3. The summed E-state index contributed by atoms with van der Waals surface area (Å²) in [6, 6.07) is 6.77. The van der Waals surface area contributed by atoms with Crippen LogP contribution >= 0.6 is 0 Å². The first-order chi connectivity index (χ1) is 11.2. The zero-order valence-electron chi connectivity index (χ0n) is 12.9. The molecule has 1 saturated heterocycles. The molecule has 7 nitrogen and oxygen atoms in total. The Morgan fingerprint density at radius 2 is 2.17 bits per heavy atom. The Balaban J connectivity index is 1.42. The zero-order valence-corrected chi connectivity index (χ0v) is 12.9. The van der Waals surface area contributed by atoms with Gasteiger partial charge < -0.3 is 10.1 Å². The molecule has 8 heteroatoms. The van der Waals surface area contributed by atoms with Crippen LogP contribution in [0.4, 0.5) is 4.39 Å². The number of rotatable bonds is 7. The Bertz CT molecular complexity index is 619. The Kier molecular flexibility index (Phi) is 5.16. The normalized spacial score (nSPS) is 20.8. The summed E-state index contributed by atoms with van der Waals surface area (Å²) in [6.07, 6.45) is 0. The molecule has 0 aliphatic carbocycles. The van der Waals surface area contributed by atoms with Gasteiger partial charge >= 0.3 is 0 Å². The summed E-state index contributed by atoms with van der Waals surface area (Å²) in [5.41, 5.74) is 8.12. The minimum Gasteiger partial charge on any atom is -0.473 e. The lowest BCUT2D eigenvalue weighted by atomic mass is 9.95. The van der Waals surface area contributed by atoms with E-state index in [4.69, 9.17) is 4.74 Å². The number of hydrazine groups is 1. The molecule has 0 radical (unpaired) electrons. The van der Waals surface area contributed by atoms with Crippen molar-refractivity contribution in [1.29, 1.82) is 0 Å². The lowest BCUT2D eigenvalue weighted by Crippen LogP contribution is -2.31. The first-order valence-corrected chi connectivity index (χ1v) is 7.60. The van der Waals surface area contributed by atoms with Crippen LogP contribution in [-0.2, 0) is 0 Å². The molecular weight excluding hydrogens is 301 g/mol. The topological polar surface area (TPSA) is 84.2 Å². The van der Waals surface area contributed by atoms with Crippen molar-refractivity contribution in [3.05, 3.63) is 41.3 Å². The van der Waals surface area contributed by atoms with E-state index in [1.807, 2.05) is 12.1 Å². The van der Waals surface area contributed by atoms with Crippen molar-refractivity contribution in [3.8, 4) is 5.88 Å². The molecule has 2 aromatic rings. The van der Waals surface area contributed by atoms with E-state index in [1.54, 1.807) is 6.92 Å². The number of hydrogen-bond acceptors (Lipinski definition) is 7. The lowest BCUT2D eigenvalue weighted by Gasteiger charge is -2.19. The van der Waals surface area contributed by atoms with E-state index in [-0.39, 0.29) is 11.9 Å². The Hall–Kier alpha value is -2.03. The average Bonchev–Trinajstić information content (AvgIpc) is 3.17. The number of nitrogens with one attached hydrogen (secondary N) is 3. The lowest BCUT2D eigenvalue weighted by molar-refractivity contribution is 0.253. The van der Waals surface area contributed by atoms with E-state index in [2.05, 4.69) is 31.1 Å². The fraction of sp³-hybridized carbons (Fsp3) is 0.467. The maximum absolute atomic E-state index is 13.0. The van der Waals surface area contributed by atoms with Gasteiger partial charge in [0.15, 0.2) is 0 Å². The number of ether oxygens (including phenoxy) is 1. The number of hydrogen-bond donors (Lipinski definition) is 3. The van der Waals surface area contributed by atoms with Crippen molar-refractivity contribution in [2.75, 3.05) is 26.2 Å². The number of halogens is 1. The zero-order chi connectivity index (χ0) is 16.1. The van der Waals surface area contributed by atoms with Crippen LogP contribution in [0.5, 0.6) is 5.88 Å². The molecule has 124 valence electrons. The fourth-order valence-electron chi connectivity index (χ4n) is 2.61. The minimum atomic E-state index is -0.218. The van der Waals surface area contributed by atoms with Crippen LogP contribution in [-0.4, -0.2) is 36.6 Å². The maximum atomic E-state index is 13.0. The van der Waals surface area contributed by atoms with Gasteiger partial charge in [0.05, 0.1) is 6.04 Å². The highest BCUT2D eigenvalue weighted by atomic mass is 19.1. The largest absolute Gasteiger partial charge is 0.473 e. The van der Waals surface area contributed by atoms with Gasteiger partial charge in [-0.2, -0.15) is 0 Å². The summed E-state index contributed by atoms with van der Waals surface area (Å²) >= 11 is 0. The van der Waals surface area contributed by atoms with Gasteiger partial charge in [-0.3, -0.25) is 5.43 Å². The predicted octanol–water partition coefficient (Wildman–Crippen LogP) is 0.951. The summed E-state index contributed by atoms with van der Waals surface area (Å²) in [6.45, 7) is 4.63. The van der Waals surface area contributed by atoms with Crippen molar-refractivity contribution in [3.63, 3.8) is 0 Å². The van der Waals surface area contributed by atoms with Crippen LogP contribution in [0.25, 0.3) is 0 Å². The minimum absolute atomic E-state index is 0.158. The molecule has 1 aromatic carbocycles. The van der Waals surface area contributed by atoms with Crippen LogP contribution in [0.2, 0.25) is 0 Å². The van der Waals surface area contributed by atoms with Crippen LogP contribution in [0.3, 0.4) is 0 Å². The molecule has 1 aromatic heterocycles. The number of benzene rings is 1. The molecule has 2 atom stereocenters. The Morgan fingerprint density at radius 3 is 2.91 bits per heavy atom. The third-order valence-electron chi connectivity index (χ3n) is 3.86. The first kappa shape index (κ1) is 15.9. The molecule has 0 amide bonds. The second kappa shape index (κ2) is 7.49. The summed E-state index contributed by atoms with van der Waals surface area (Å²) < 4.78 is 23.1. The van der Waals surface area contributed by atoms with E-state index < -0.39 is 0 Å². The van der Waals surface area contributed by atoms with E-state index in [0.29, 0.717) is 30.6 Å². The number of nitrogens with zero attached hydrogens (tertiary/aromatic N) is 2. The van der Waals surface area contributed by atoms with Crippen LogP contribution in [0, 0.1) is 18.7 Å². The number of aryl methyl sites for hydroxylation is 1. The predicted molar refractivity (Wildman–Crippen MR) is 81.2 cm³/mol. The summed E-state index contributed by atoms with van der Waals surface area (Å²) in [5, 5.41) is 10.7.